The number of nitrogens with one attached hydrogen (secondary N) is 1. The maximum atomic E-state index is 4.51. The molecule has 1 aliphatic carbocycles. The Morgan fingerprint density at radius 1 is 1.24 bits per heavy atom. The molecule has 3 rings (SSSR count). The monoisotopic (exact) mass is 282 g/mol. The second kappa shape index (κ2) is 5.76. The second-order valence-electron chi connectivity index (χ2n) is 7.28. The largest absolute Gasteiger partial charge is 0.319 e. The van der Waals surface area contributed by atoms with E-state index in [2.05, 4.69) is 61.7 Å². The average molecular weight is 282 g/mol. The van der Waals surface area contributed by atoms with E-state index < -0.39 is 0 Å². The molecule has 21 heavy (non-hydrogen) atoms. The average Bonchev–Trinajstić information content (AvgIpc) is 2.48. The molecule has 1 aliphatic rings. The highest BCUT2D eigenvalue weighted by Gasteiger charge is 2.36. The van der Waals surface area contributed by atoms with E-state index in [9.17, 15) is 0 Å². The number of hydrogen-bond donors (Lipinski definition) is 1. The summed E-state index contributed by atoms with van der Waals surface area (Å²) in [4.78, 5) is 4.51. The van der Waals surface area contributed by atoms with Crippen molar-refractivity contribution in [3.63, 3.8) is 0 Å². The lowest BCUT2D eigenvalue weighted by atomic mass is 9.65. The second-order valence-corrected chi connectivity index (χ2v) is 7.28. The zero-order valence-corrected chi connectivity index (χ0v) is 13.4. The van der Waals surface area contributed by atoms with E-state index in [0.717, 1.165) is 12.5 Å². The Hall–Kier alpha value is -1.41. The van der Waals surface area contributed by atoms with E-state index >= 15 is 0 Å². The molecule has 2 nitrogen and oxygen atoms in total. The van der Waals surface area contributed by atoms with Crippen LogP contribution in [-0.2, 0) is 0 Å². The molecular weight excluding hydrogens is 256 g/mol. The van der Waals surface area contributed by atoms with E-state index in [1.54, 1.807) is 0 Å². The van der Waals surface area contributed by atoms with Gasteiger partial charge in [0.1, 0.15) is 0 Å². The minimum absolute atomic E-state index is 0.436. The summed E-state index contributed by atoms with van der Waals surface area (Å²) in [6.07, 6.45) is 7.99. The molecule has 0 radical (unpaired) electrons. The molecule has 1 heterocycles. The Labute approximate surface area is 128 Å². The van der Waals surface area contributed by atoms with E-state index in [0.29, 0.717) is 11.3 Å². The van der Waals surface area contributed by atoms with Gasteiger partial charge >= 0.3 is 0 Å². The summed E-state index contributed by atoms with van der Waals surface area (Å²) < 4.78 is 0. The van der Waals surface area contributed by atoms with Crippen LogP contribution in [0.4, 0.5) is 0 Å². The van der Waals surface area contributed by atoms with E-state index in [4.69, 9.17) is 0 Å². The fraction of sp³-hybridized carbons (Fsp3) is 0.526. The van der Waals surface area contributed by atoms with Gasteiger partial charge in [-0.2, -0.15) is 0 Å². The Balaban J connectivity index is 2.04. The maximum absolute atomic E-state index is 4.51. The van der Waals surface area contributed by atoms with Crippen LogP contribution in [0.5, 0.6) is 0 Å². The van der Waals surface area contributed by atoms with Gasteiger partial charge < -0.3 is 5.32 Å². The lowest BCUT2D eigenvalue weighted by molar-refractivity contribution is 0.162. The van der Waals surface area contributed by atoms with Crippen LogP contribution in [0.2, 0.25) is 0 Å². The Morgan fingerprint density at radius 2 is 2.05 bits per heavy atom. The first-order valence-corrected chi connectivity index (χ1v) is 8.08. The molecule has 2 aromatic rings. The van der Waals surface area contributed by atoms with Gasteiger partial charge in [-0.25, -0.2) is 0 Å². The zero-order valence-electron chi connectivity index (χ0n) is 13.4. The molecule has 2 heteroatoms. The van der Waals surface area contributed by atoms with E-state index in [1.165, 1.54) is 35.6 Å². The van der Waals surface area contributed by atoms with Crippen molar-refractivity contribution in [3.05, 3.63) is 42.2 Å². The van der Waals surface area contributed by atoms with Crippen molar-refractivity contribution in [1.29, 1.82) is 0 Å². The van der Waals surface area contributed by atoms with Crippen molar-refractivity contribution in [1.82, 2.24) is 10.3 Å². The van der Waals surface area contributed by atoms with Gasteiger partial charge in [-0.15, -0.1) is 0 Å². The minimum atomic E-state index is 0.436. The SMILES string of the molecule is CNCC1CCC(C)(C)CC1c1cncc2ccccc12. The van der Waals surface area contributed by atoms with E-state index in [-0.39, 0.29) is 0 Å². The van der Waals surface area contributed by atoms with Crippen molar-refractivity contribution < 1.29 is 0 Å². The maximum Gasteiger partial charge on any atom is 0.0346 e. The molecule has 0 amide bonds. The summed E-state index contributed by atoms with van der Waals surface area (Å²) in [6, 6.07) is 8.67. The van der Waals surface area contributed by atoms with Gasteiger partial charge in [-0.3, -0.25) is 4.98 Å². The van der Waals surface area contributed by atoms with Crippen molar-refractivity contribution in [2.45, 2.75) is 39.0 Å². The molecule has 0 bridgehead atoms. The Kier molecular flexibility index (Phi) is 3.99. The normalized spacial score (nSPS) is 25.1. The van der Waals surface area contributed by atoms with Gasteiger partial charge in [-0.1, -0.05) is 38.1 Å². The molecule has 1 N–H and O–H groups in total. The fourth-order valence-corrected chi connectivity index (χ4v) is 3.95. The first-order chi connectivity index (χ1) is 10.1. The van der Waals surface area contributed by atoms with Crippen molar-refractivity contribution >= 4 is 10.8 Å². The molecule has 2 unspecified atom stereocenters. The summed E-state index contributed by atoms with van der Waals surface area (Å²) >= 11 is 0. The number of rotatable bonds is 3. The zero-order chi connectivity index (χ0) is 14.9. The van der Waals surface area contributed by atoms with Crippen LogP contribution in [0.25, 0.3) is 10.8 Å². The molecule has 2 atom stereocenters. The summed E-state index contributed by atoms with van der Waals surface area (Å²) in [6.45, 7) is 5.92. The Bertz CT molecular complexity index is 612. The predicted octanol–water partition coefficient (Wildman–Crippen LogP) is 4.36. The molecular formula is C19H26N2. The standard InChI is InChI=1S/C19H26N2/c1-19(2)9-8-15(11-20-3)17(10-19)18-13-21-12-14-6-4-5-7-16(14)18/h4-7,12-13,15,17,20H,8-11H2,1-3H3. The van der Waals surface area contributed by atoms with Crippen LogP contribution in [-0.4, -0.2) is 18.6 Å². The van der Waals surface area contributed by atoms with Crippen LogP contribution in [0, 0.1) is 11.3 Å². The van der Waals surface area contributed by atoms with Gasteiger partial charge in [0.05, 0.1) is 0 Å². The van der Waals surface area contributed by atoms with E-state index in [1.807, 2.05) is 6.20 Å². The Morgan fingerprint density at radius 3 is 2.86 bits per heavy atom. The highest BCUT2D eigenvalue weighted by Crippen LogP contribution is 2.47. The topological polar surface area (TPSA) is 24.9 Å². The summed E-state index contributed by atoms with van der Waals surface area (Å²) in [5, 5.41) is 6.04. The van der Waals surface area contributed by atoms with Crippen molar-refractivity contribution in [2.24, 2.45) is 11.3 Å². The number of hydrogen-bond acceptors (Lipinski definition) is 2. The highest BCUT2D eigenvalue weighted by atomic mass is 14.8. The molecule has 1 fully saturated rings. The molecule has 1 aromatic carbocycles. The van der Waals surface area contributed by atoms with Crippen molar-refractivity contribution in [3.8, 4) is 0 Å². The number of aromatic nitrogens is 1. The third kappa shape index (κ3) is 2.96. The van der Waals surface area contributed by atoms with Crippen LogP contribution in [0.1, 0.15) is 44.6 Å². The number of benzene rings is 1. The smallest absolute Gasteiger partial charge is 0.0346 e. The van der Waals surface area contributed by atoms with Crippen LogP contribution < -0.4 is 5.32 Å². The van der Waals surface area contributed by atoms with Gasteiger partial charge in [0.15, 0.2) is 0 Å². The molecule has 0 saturated heterocycles. The van der Waals surface area contributed by atoms with Crippen LogP contribution in [0.15, 0.2) is 36.7 Å². The van der Waals surface area contributed by atoms with Gasteiger partial charge in [-0.05, 0) is 61.1 Å². The molecule has 1 aromatic heterocycles. The molecule has 1 saturated carbocycles. The summed E-state index contributed by atoms with van der Waals surface area (Å²) in [7, 11) is 2.07. The number of pyridine rings is 1. The molecule has 0 spiro atoms. The van der Waals surface area contributed by atoms with Crippen LogP contribution in [0.3, 0.4) is 0 Å². The van der Waals surface area contributed by atoms with Crippen LogP contribution >= 0.6 is 0 Å². The van der Waals surface area contributed by atoms with Gasteiger partial charge in [0.2, 0.25) is 0 Å². The fourth-order valence-electron chi connectivity index (χ4n) is 3.95. The molecule has 0 aliphatic heterocycles. The first kappa shape index (κ1) is 14.5. The first-order valence-electron chi connectivity index (χ1n) is 8.08. The van der Waals surface area contributed by atoms with Crippen molar-refractivity contribution in [2.75, 3.05) is 13.6 Å². The quantitative estimate of drug-likeness (QED) is 0.904. The highest BCUT2D eigenvalue weighted by molar-refractivity contribution is 5.85. The third-order valence-electron chi connectivity index (χ3n) is 5.10. The summed E-state index contributed by atoms with van der Waals surface area (Å²) in [5.74, 6) is 1.33. The predicted molar refractivity (Wildman–Crippen MR) is 89.5 cm³/mol. The number of nitrogens with zero attached hydrogens (tertiary/aromatic N) is 1. The third-order valence-corrected chi connectivity index (χ3v) is 5.10. The molecule has 112 valence electrons. The lowest BCUT2D eigenvalue weighted by Gasteiger charge is -2.41. The lowest BCUT2D eigenvalue weighted by Crippen LogP contribution is -2.33. The summed E-state index contributed by atoms with van der Waals surface area (Å²) in [5.41, 5.74) is 1.88. The van der Waals surface area contributed by atoms with Gasteiger partial charge in [0.25, 0.3) is 0 Å². The minimum Gasteiger partial charge on any atom is -0.319 e. The number of fused-ring (bicyclic) bond motifs is 1. The van der Waals surface area contributed by atoms with Gasteiger partial charge in [0, 0.05) is 17.8 Å².